The van der Waals surface area contributed by atoms with Crippen LogP contribution < -0.4 is 5.32 Å². The number of hydrogen-bond acceptors (Lipinski definition) is 5. The number of phenols is 1. The van der Waals surface area contributed by atoms with E-state index >= 15 is 0 Å². The molecule has 6 nitrogen and oxygen atoms in total. The number of amides is 1. The molecule has 0 spiro atoms. The lowest BCUT2D eigenvalue weighted by molar-refractivity contribution is -0.142. The molecular formula is C19H13F3N4O2S. The molecule has 3 heterocycles. The number of thiophene rings is 1. The number of benzene rings is 1. The van der Waals surface area contributed by atoms with Crippen molar-refractivity contribution in [3.05, 3.63) is 64.8 Å². The summed E-state index contributed by atoms with van der Waals surface area (Å²) in [5, 5.41) is 17.8. The van der Waals surface area contributed by atoms with Crippen molar-refractivity contribution in [2.45, 2.75) is 13.1 Å². The number of halogens is 3. The third-order valence-corrected chi connectivity index (χ3v) is 5.02. The molecule has 2 N–H and O–H groups in total. The number of hydrogen-bond donors (Lipinski definition) is 2. The summed E-state index contributed by atoms with van der Waals surface area (Å²) < 4.78 is 41.3. The molecule has 1 aromatic carbocycles. The van der Waals surface area contributed by atoms with Crippen molar-refractivity contribution in [1.29, 1.82) is 0 Å². The van der Waals surface area contributed by atoms with Crippen LogP contribution in [0, 0.1) is 6.92 Å². The minimum atomic E-state index is -4.69. The number of nitrogens with zero attached hydrogens (tertiary/aromatic N) is 3. The lowest BCUT2D eigenvalue weighted by atomic mass is 10.2. The number of anilines is 1. The Morgan fingerprint density at radius 3 is 2.69 bits per heavy atom. The van der Waals surface area contributed by atoms with Crippen molar-refractivity contribution in [3.8, 4) is 16.3 Å². The monoisotopic (exact) mass is 418 g/mol. The minimum Gasteiger partial charge on any atom is -0.506 e. The third kappa shape index (κ3) is 3.66. The molecule has 0 atom stereocenters. The first-order valence-electron chi connectivity index (χ1n) is 8.35. The molecule has 0 radical (unpaired) electrons. The van der Waals surface area contributed by atoms with Gasteiger partial charge in [-0.05, 0) is 42.1 Å². The van der Waals surface area contributed by atoms with Gasteiger partial charge in [-0.25, -0.2) is 9.50 Å². The highest BCUT2D eigenvalue weighted by Gasteiger charge is 2.35. The summed E-state index contributed by atoms with van der Waals surface area (Å²) in [6.07, 6.45) is -4.69. The Morgan fingerprint density at radius 1 is 1.21 bits per heavy atom. The Morgan fingerprint density at radius 2 is 2.00 bits per heavy atom. The number of aromatic hydroxyl groups is 1. The zero-order valence-electron chi connectivity index (χ0n) is 14.9. The molecule has 0 fully saturated rings. The lowest BCUT2D eigenvalue weighted by Crippen LogP contribution is -2.15. The molecule has 3 aromatic heterocycles. The maximum atomic E-state index is 13.6. The lowest BCUT2D eigenvalue weighted by Gasteiger charge is -2.10. The predicted molar refractivity (Wildman–Crippen MR) is 102 cm³/mol. The van der Waals surface area contributed by atoms with E-state index in [2.05, 4.69) is 15.4 Å². The first kappa shape index (κ1) is 18.9. The largest absolute Gasteiger partial charge is 0.506 e. The molecule has 0 saturated carbocycles. The van der Waals surface area contributed by atoms with Gasteiger partial charge in [0.1, 0.15) is 5.75 Å². The summed E-state index contributed by atoms with van der Waals surface area (Å²) >= 11 is 1.26. The van der Waals surface area contributed by atoms with E-state index in [0.29, 0.717) is 9.39 Å². The van der Waals surface area contributed by atoms with Crippen LogP contribution in [0.25, 0.3) is 16.2 Å². The van der Waals surface area contributed by atoms with Crippen molar-refractivity contribution >= 4 is 28.6 Å². The van der Waals surface area contributed by atoms with Crippen LogP contribution in [-0.2, 0) is 6.18 Å². The van der Waals surface area contributed by atoms with Crippen LogP contribution in [0.15, 0.2) is 47.8 Å². The highest BCUT2D eigenvalue weighted by Crippen LogP contribution is 2.33. The molecule has 0 aliphatic heterocycles. The van der Waals surface area contributed by atoms with Crippen LogP contribution in [0.4, 0.5) is 18.9 Å². The number of carbonyl (C=O) groups is 1. The van der Waals surface area contributed by atoms with Gasteiger partial charge in [0.25, 0.3) is 5.91 Å². The van der Waals surface area contributed by atoms with Crippen LogP contribution in [0.1, 0.15) is 21.7 Å². The molecule has 148 valence electrons. The fourth-order valence-electron chi connectivity index (χ4n) is 2.77. The quantitative estimate of drug-likeness (QED) is 0.471. The highest BCUT2D eigenvalue weighted by atomic mass is 32.1. The van der Waals surface area contributed by atoms with Gasteiger partial charge in [-0.1, -0.05) is 12.1 Å². The Balaban J connectivity index is 1.78. The zero-order valence-corrected chi connectivity index (χ0v) is 15.7. The Hall–Kier alpha value is -3.40. The van der Waals surface area contributed by atoms with Crippen LogP contribution in [0.3, 0.4) is 0 Å². The minimum absolute atomic E-state index is 0.109. The van der Waals surface area contributed by atoms with Gasteiger partial charge in [-0.2, -0.15) is 18.3 Å². The van der Waals surface area contributed by atoms with Crippen LogP contribution in [-0.4, -0.2) is 25.6 Å². The van der Waals surface area contributed by atoms with E-state index in [1.807, 2.05) is 0 Å². The zero-order chi connectivity index (χ0) is 20.8. The predicted octanol–water partition coefficient (Wildman–Crippen LogP) is 4.74. The average Bonchev–Trinajstić information content (AvgIpc) is 3.32. The summed E-state index contributed by atoms with van der Waals surface area (Å²) in [6.45, 7) is 1.77. The number of rotatable bonds is 3. The van der Waals surface area contributed by atoms with Gasteiger partial charge in [-0.15, -0.1) is 11.3 Å². The van der Waals surface area contributed by atoms with Gasteiger partial charge >= 0.3 is 6.18 Å². The van der Waals surface area contributed by atoms with Crippen LogP contribution in [0.5, 0.6) is 5.75 Å². The molecule has 0 unspecified atom stereocenters. The van der Waals surface area contributed by atoms with E-state index in [0.717, 1.165) is 11.6 Å². The van der Waals surface area contributed by atoms with Crippen LogP contribution >= 0.6 is 11.3 Å². The van der Waals surface area contributed by atoms with Crippen molar-refractivity contribution in [2.24, 2.45) is 0 Å². The highest BCUT2D eigenvalue weighted by molar-refractivity contribution is 7.13. The van der Waals surface area contributed by atoms with Gasteiger partial charge in [-0.3, -0.25) is 4.79 Å². The summed E-state index contributed by atoms with van der Waals surface area (Å²) in [4.78, 5) is 17.3. The SMILES string of the molecule is Cc1ccc(O)c(NC(=O)c2cc3nc(-c4cccs4)cc(C(F)(F)F)n3n2)c1. The molecule has 4 aromatic rings. The fourth-order valence-corrected chi connectivity index (χ4v) is 3.46. The van der Waals surface area contributed by atoms with E-state index in [9.17, 15) is 23.1 Å². The molecule has 0 aliphatic rings. The molecule has 29 heavy (non-hydrogen) atoms. The van der Waals surface area contributed by atoms with E-state index in [4.69, 9.17) is 0 Å². The summed E-state index contributed by atoms with van der Waals surface area (Å²) in [5.41, 5.74) is -0.342. The standard InChI is InChI=1S/C19H13F3N4O2S/c1-10-4-5-14(27)11(7-10)24-18(28)13-9-17-23-12(15-3-2-6-29-15)8-16(19(20,21)22)26(17)25-13/h2-9,27H,1H3,(H,24,28). The summed E-state index contributed by atoms with van der Waals surface area (Å²) in [7, 11) is 0. The molecular weight excluding hydrogens is 405 g/mol. The topological polar surface area (TPSA) is 79.5 Å². The number of fused-ring (bicyclic) bond motifs is 1. The second kappa shape index (κ2) is 6.89. The molecule has 0 saturated heterocycles. The molecule has 1 amide bonds. The van der Waals surface area contributed by atoms with Crippen LogP contribution in [0.2, 0.25) is 0 Å². The van der Waals surface area contributed by atoms with Gasteiger partial charge < -0.3 is 10.4 Å². The smallest absolute Gasteiger partial charge is 0.433 e. The summed E-state index contributed by atoms with van der Waals surface area (Å²) in [6, 6.07) is 10.1. The van der Waals surface area contributed by atoms with E-state index in [1.54, 1.807) is 30.5 Å². The first-order valence-corrected chi connectivity index (χ1v) is 9.23. The first-order chi connectivity index (χ1) is 13.7. The van der Waals surface area contributed by atoms with Crippen molar-refractivity contribution in [3.63, 3.8) is 0 Å². The Labute approximate surface area is 166 Å². The number of nitrogens with one attached hydrogen (secondary N) is 1. The maximum Gasteiger partial charge on any atom is 0.433 e. The van der Waals surface area contributed by atoms with E-state index in [-0.39, 0.29) is 28.5 Å². The van der Waals surface area contributed by atoms with E-state index in [1.165, 1.54) is 29.5 Å². The Kier molecular flexibility index (Phi) is 4.50. The number of aryl methyl sites for hydroxylation is 1. The molecule has 0 aliphatic carbocycles. The van der Waals surface area contributed by atoms with Crippen molar-refractivity contribution < 1.29 is 23.1 Å². The number of alkyl halides is 3. The van der Waals surface area contributed by atoms with Gasteiger partial charge in [0.05, 0.1) is 16.3 Å². The number of aromatic nitrogens is 3. The van der Waals surface area contributed by atoms with Crippen molar-refractivity contribution in [2.75, 3.05) is 5.32 Å². The van der Waals surface area contributed by atoms with Crippen molar-refractivity contribution in [1.82, 2.24) is 14.6 Å². The van der Waals surface area contributed by atoms with E-state index < -0.39 is 17.8 Å². The van der Waals surface area contributed by atoms with Gasteiger partial charge in [0, 0.05) is 6.07 Å². The average molecular weight is 418 g/mol. The van der Waals surface area contributed by atoms with Gasteiger partial charge in [0.15, 0.2) is 17.0 Å². The second-order valence-corrected chi connectivity index (χ2v) is 7.22. The molecule has 10 heteroatoms. The fraction of sp³-hybridized carbons (Fsp3) is 0.105. The second-order valence-electron chi connectivity index (χ2n) is 6.28. The summed E-state index contributed by atoms with van der Waals surface area (Å²) in [5.74, 6) is -0.927. The normalized spacial score (nSPS) is 11.7. The number of carbonyl (C=O) groups excluding carboxylic acids is 1. The third-order valence-electron chi connectivity index (χ3n) is 4.12. The maximum absolute atomic E-state index is 13.6. The Bertz CT molecular complexity index is 1220. The van der Waals surface area contributed by atoms with Gasteiger partial charge in [0.2, 0.25) is 0 Å². The number of phenolic OH excluding ortho intramolecular Hbond substituents is 1. The molecule has 0 bridgehead atoms. The molecule has 4 rings (SSSR count).